The molecule has 0 spiro atoms. The molecule has 2 aromatic rings. The smallest absolute Gasteiger partial charge is 0.262 e. The second kappa shape index (κ2) is 11.7. The van der Waals surface area contributed by atoms with Gasteiger partial charge in [0.25, 0.3) is 11.8 Å². The average molecular weight is 490 g/mol. The zero-order valence-corrected chi connectivity index (χ0v) is 19.6. The zero-order valence-electron chi connectivity index (χ0n) is 18.8. The van der Waals surface area contributed by atoms with Crippen LogP contribution in [0.5, 0.6) is 11.5 Å². The van der Waals surface area contributed by atoms with Crippen LogP contribution in [-0.2, 0) is 27.2 Å². The Kier molecular flexibility index (Phi) is 8.74. The Morgan fingerprint density at radius 3 is 2.65 bits per heavy atom. The van der Waals surface area contributed by atoms with Crippen molar-refractivity contribution >= 4 is 29.3 Å². The number of rotatable bonds is 13. The molecule has 11 heteroatoms. The fourth-order valence-electron chi connectivity index (χ4n) is 3.85. The molecule has 1 N–H and O–H groups in total. The molecule has 0 saturated heterocycles. The van der Waals surface area contributed by atoms with Crippen molar-refractivity contribution in [3.05, 3.63) is 58.7 Å². The highest BCUT2D eigenvalue weighted by atomic mass is 32.2. The second-order valence-corrected chi connectivity index (χ2v) is 8.31. The maximum atomic E-state index is 13.5. The summed E-state index contributed by atoms with van der Waals surface area (Å²) in [6.07, 6.45) is 0.496. The predicted molar refractivity (Wildman–Crippen MR) is 121 cm³/mol. The summed E-state index contributed by atoms with van der Waals surface area (Å²) in [4.78, 5) is 38.3. The van der Waals surface area contributed by atoms with Gasteiger partial charge in [-0.2, -0.15) is 0 Å². The van der Waals surface area contributed by atoms with E-state index in [1.165, 1.54) is 7.11 Å². The summed E-state index contributed by atoms with van der Waals surface area (Å²) in [5.41, 5.74) is 1.44. The molecule has 1 aliphatic rings. The van der Waals surface area contributed by atoms with E-state index in [1.807, 2.05) is 6.92 Å². The quantitative estimate of drug-likeness (QED) is 0.148. The first-order valence-electron chi connectivity index (χ1n) is 10.5. The molecule has 2 atom stereocenters. The molecule has 182 valence electrons. The molecule has 34 heavy (non-hydrogen) atoms. The number of nitrogens with zero attached hydrogens (tertiary/aromatic N) is 1. The van der Waals surface area contributed by atoms with Crippen molar-refractivity contribution < 1.29 is 37.4 Å². The van der Waals surface area contributed by atoms with Crippen molar-refractivity contribution in [3.63, 3.8) is 0 Å². The monoisotopic (exact) mass is 489 g/mol. The molecule has 0 radical (unpaired) electrons. The number of nitrogens with one attached hydrogen (secondary N) is 1. The van der Waals surface area contributed by atoms with Gasteiger partial charge < -0.3 is 24.1 Å². The minimum absolute atomic E-state index is 0.00312. The SMILES string of the molecule is CCOc1cc(C(CCS(=O)[O-])N2C(=O)c3cccc(COCNC=O)c3C2=O)ccc1OC. The van der Waals surface area contributed by atoms with E-state index in [9.17, 15) is 23.1 Å². The molecule has 1 aliphatic heterocycles. The second-order valence-electron chi connectivity index (χ2n) is 7.29. The van der Waals surface area contributed by atoms with Crippen LogP contribution in [0.3, 0.4) is 0 Å². The zero-order chi connectivity index (χ0) is 24.7. The summed E-state index contributed by atoms with van der Waals surface area (Å²) < 4.78 is 39.0. The van der Waals surface area contributed by atoms with Crippen LogP contribution in [0.15, 0.2) is 36.4 Å². The van der Waals surface area contributed by atoms with Crippen LogP contribution < -0.4 is 14.8 Å². The van der Waals surface area contributed by atoms with Gasteiger partial charge >= 0.3 is 0 Å². The number of carbonyl (C=O) groups excluding carboxylic acids is 3. The van der Waals surface area contributed by atoms with Crippen molar-refractivity contribution in [1.29, 1.82) is 0 Å². The summed E-state index contributed by atoms with van der Waals surface area (Å²) in [7, 11) is 1.49. The number of methoxy groups -OCH3 is 1. The highest BCUT2D eigenvalue weighted by Crippen LogP contribution is 2.38. The van der Waals surface area contributed by atoms with Gasteiger partial charge in [-0.3, -0.25) is 23.5 Å². The lowest BCUT2D eigenvalue weighted by Gasteiger charge is -2.28. The standard InChI is InChI=1S/C23H26N2O8S/c1-3-33-20-11-15(7-8-19(20)31-2)18(9-10-34(29)30)25-22(27)17-6-4-5-16(21(17)23(25)28)12-32-14-24-13-26/h4-8,11,13,18H,3,9-10,12,14H2,1-2H3,(H,24,26)(H,29,30)/p-1. The molecular weight excluding hydrogens is 464 g/mol. The third-order valence-corrected chi connectivity index (χ3v) is 5.87. The van der Waals surface area contributed by atoms with Gasteiger partial charge in [-0.05, 0) is 42.7 Å². The van der Waals surface area contributed by atoms with Crippen molar-refractivity contribution in [2.75, 3.05) is 26.2 Å². The molecular formula is C23H25N2O8S-. The first kappa shape index (κ1) is 25.3. The van der Waals surface area contributed by atoms with Crippen molar-refractivity contribution in [2.45, 2.75) is 26.0 Å². The molecule has 0 bridgehead atoms. The van der Waals surface area contributed by atoms with E-state index in [-0.39, 0.29) is 36.6 Å². The van der Waals surface area contributed by atoms with Crippen molar-refractivity contribution in [2.24, 2.45) is 0 Å². The van der Waals surface area contributed by atoms with Crippen molar-refractivity contribution in [3.8, 4) is 11.5 Å². The summed E-state index contributed by atoms with van der Waals surface area (Å²) in [5.74, 6) is -0.422. The summed E-state index contributed by atoms with van der Waals surface area (Å²) in [5, 5.41) is 2.36. The van der Waals surface area contributed by atoms with Crippen LogP contribution in [0.25, 0.3) is 0 Å². The lowest BCUT2D eigenvalue weighted by atomic mass is 10.0. The maximum Gasteiger partial charge on any atom is 0.262 e. The van der Waals surface area contributed by atoms with Crippen molar-refractivity contribution in [1.82, 2.24) is 10.2 Å². The van der Waals surface area contributed by atoms with Gasteiger partial charge in [0.05, 0.1) is 37.5 Å². The molecule has 2 unspecified atom stereocenters. The Hall–Kier alpha value is -3.28. The number of amides is 3. The van der Waals surface area contributed by atoms with Gasteiger partial charge in [0.1, 0.15) is 6.73 Å². The van der Waals surface area contributed by atoms with Gasteiger partial charge in [-0.25, -0.2) is 0 Å². The number of imide groups is 1. The van der Waals surface area contributed by atoms with E-state index in [4.69, 9.17) is 14.2 Å². The number of hydrogen-bond acceptors (Lipinski definition) is 8. The lowest BCUT2D eigenvalue weighted by Crippen LogP contribution is -2.35. The number of ether oxygens (including phenoxy) is 3. The topological polar surface area (TPSA) is 134 Å². The minimum Gasteiger partial charge on any atom is -0.772 e. The van der Waals surface area contributed by atoms with Gasteiger partial charge in [-0.15, -0.1) is 0 Å². The fourth-order valence-corrected chi connectivity index (χ4v) is 4.27. The lowest BCUT2D eigenvalue weighted by molar-refractivity contribution is -0.111. The molecule has 1 heterocycles. The van der Waals surface area contributed by atoms with Gasteiger partial charge in [0.2, 0.25) is 6.41 Å². The number of hydrogen-bond donors (Lipinski definition) is 1. The van der Waals surface area contributed by atoms with E-state index in [2.05, 4.69) is 5.32 Å². The predicted octanol–water partition coefficient (Wildman–Crippen LogP) is 1.92. The van der Waals surface area contributed by atoms with E-state index in [0.29, 0.717) is 35.6 Å². The van der Waals surface area contributed by atoms with Crippen LogP contribution in [0.4, 0.5) is 0 Å². The number of fused-ring (bicyclic) bond motifs is 1. The Morgan fingerprint density at radius 1 is 1.18 bits per heavy atom. The van der Waals surface area contributed by atoms with Gasteiger partial charge in [0, 0.05) is 5.75 Å². The van der Waals surface area contributed by atoms with E-state index in [0.717, 1.165) is 4.90 Å². The molecule has 0 aliphatic carbocycles. The molecule has 0 saturated carbocycles. The molecule has 0 aromatic heterocycles. The molecule has 3 rings (SSSR count). The summed E-state index contributed by atoms with van der Waals surface area (Å²) >= 11 is -2.37. The van der Waals surface area contributed by atoms with E-state index >= 15 is 0 Å². The van der Waals surface area contributed by atoms with E-state index in [1.54, 1.807) is 36.4 Å². The average Bonchev–Trinajstić information content (AvgIpc) is 3.08. The Bertz CT molecular complexity index is 1090. The minimum atomic E-state index is -2.37. The maximum absolute atomic E-state index is 13.5. The fraction of sp³-hybridized carbons (Fsp3) is 0.348. The molecule has 0 fully saturated rings. The summed E-state index contributed by atoms with van der Waals surface area (Å²) in [6, 6.07) is 8.99. The third kappa shape index (κ3) is 5.44. The van der Waals surface area contributed by atoms with E-state index < -0.39 is 28.9 Å². The molecule has 2 aromatic carbocycles. The van der Waals surface area contributed by atoms with Crippen LogP contribution in [0.1, 0.15) is 51.2 Å². The third-order valence-electron chi connectivity index (χ3n) is 5.30. The normalized spacial score (nSPS) is 14.5. The number of carbonyl (C=O) groups is 3. The van der Waals surface area contributed by atoms with Gasteiger partial charge in [-0.1, -0.05) is 29.3 Å². The van der Waals surface area contributed by atoms with Crippen LogP contribution in [0.2, 0.25) is 0 Å². The largest absolute Gasteiger partial charge is 0.772 e. The van der Waals surface area contributed by atoms with Gasteiger partial charge in [0.15, 0.2) is 11.5 Å². The highest BCUT2D eigenvalue weighted by molar-refractivity contribution is 7.79. The van der Waals surface area contributed by atoms with Crippen LogP contribution >= 0.6 is 0 Å². The van der Waals surface area contributed by atoms with Crippen LogP contribution in [-0.4, -0.2) is 58.1 Å². The number of benzene rings is 2. The Labute approximate surface area is 199 Å². The Morgan fingerprint density at radius 2 is 1.97 bits per heavy atom. The van der Waals surface area contributed by atoms with Crippen LogP contribution in [0, 0.1) is 0 Å². The highest BCUT2D eigenvalue weighted by Gasteiger charge is 2.42. The first-order valence-corrected chi connectivity index (χ1v) is 11.8. The first-order chi connectivity index (χ1) is 16.4. The Balaban J connectivity index is 1.99. The molecule has 3 amide bonds. The summed E-state index contributed by atoms with van der Waals surface area (Å²) in [6.45, 7) is 2.12. The molecule has 10 nitrogen and oxygen atoms in total.